The van der Waals surface area contributed by atoms with Gasteiger partial charge in [0.2, 0.25) is 0 Å². The van der Waals surface area contributed by atoms with Crippen molar-refractivity contribution in [3.63, 3.8) is 0 Å². The van der Waals surface area contributed by atoms with Crippen LogP contribution in [-0.4, -0.2) is 44.8 Å². The summed E-state index contributed by atoms with van der Waals surface area (Å²) in [6.07, 6.45) is 2.27. The van der Waals surface area contributed by atoms with Gasteiger partial charge in [0.25, 0.3) is 0 Å². The van der Waals surface area contributed by atoms with Crippen molar-refractivity contribution in [1.29, 1.82) is 0 Å². The zero-order valence-corrected chi connectivity index (χ0v) is 8.38. The predicted octanol–water partition coefficient (Wildman–Crippen LogP) is 0.684. The Balaban J connectivity index is 2.13. The number of carbonyl (C=O) groups excluding carboxylic acids is 1. The van der Waals surface area contributed by atoms with Crippen molar-refractivity contribution in [2.75, 3.05) is 33.9 Å². The van der Waals surface area contributed by atoms with Crippen molar-refractivity contribution in [3.8, 4) is 0 Å². The lowest BCUT2D eigenvalue weighted by atomic mass is 10.0. The molecule has 1 N–H and O–H groups in total. The van der Waals surface area contributed by atoms with Gasteiger partial charge in [-0.25, -0.2) is 4.79 Å². The van der Waals surface area contributed by atoms with Crippen LogP contribution in [0.5, 0.6) is 0 Å². The standard InChI is InChI=1S/C9H18N2O2/c1-11(2)9(12)10-6-8-4-3-5-13-7-8/h8H,3-7H2,1-2H3,(H,10,12). The first kappa shape index (κ1) is 10.3. The molecule has 0 spiro atoms. The van der Waals surface area contributed by atoms with Gasteiger partial charge in [-0.2, -0.15) is 0 Å². The molecule has 4 nitrogen and oxygen atoms in total. The third kappa shape index (κ3) is 3.63. The van der Waals surface area contributed by atoms with E-state index in [4.69, 9.17) is 4.74 Å². The molecule has 0 radical (unpaired) electrons. The fourth-order valence-electron chi connectivity index (χ4n) is 1.36. The first-order valence-corrected chi connectivity index (χ1v) is 4.73. The SMILES string of the molecule is CN(C)C(=O)NCC1CCCOC1. The van der Waals surface area contributed by atoms with Crippen molar-refractivity contribution in [2.45, 2.75) is 12.8 Å². The maximum atomic E-state index is 11.2. The molecule has 1 saturated heterocycles. The molecule has 1 aliphatic rings. The molecule has 1 aliphatic heterocycles. The van der Waals surface area contributed by atoms with Crippen molar-refractivity contribution >= 4 is 6.03 Å². The normalized spacial score (nSPS) is 22.5. The highest BCUT2D eigenvalue weighted by Gasteiger charge is 2.14. The summed E-state index contributed by atoms with van der Waals surface area (Å²) >= 11 is 0. The molecule has 1 unspecified atom stereocenters. The first-order chi connectivity index (χ1) is 6.20. The van der Waals surface area contributed by atoms with Crippen LogP contribution in [0.15, 0.2) is 0 Å². The van der Waals surface area contributed by atoms with Crippen LogP contribution in [0.2, 0.25) is 0 Å². The van der Waals surface area contributed by atoms with Gasteiger partial charge >= 0.3 is 6.03 Å². The van der Waals surface area contributed by atoms with Crippen LogP contribution < -0.4 is 5.32 Å². The van der Waals surface area contributed by atoms with Gasteiger partial charge in [0.05, 0.1) is 6.61 Å². The quantitative estimate of drug-likeness (QED) is 0.689. The van der Waals surface area contributed by atoms with Gasteiger partial charge in [-0.3, -0.25) is 0 Å². The molecule has 1 heterocycles. The molecular weight excluding hydrogens is 168 g/mol. The predicted molar refractivity (Wildman–Crippen MR) is 50.6 cm³/mol. The Morgan fingerprint density at radius 3 is 2.92 bits per heavy atom. The van der Waals surface area contributed by atoms with Crippen molar-refractivity contribution in [3.05, 3.63) is 0 Å². The van der Waals surface area contributed by atoms with E-state index < -0.39 is 0 Å². The highest BCUT2D eigenvalue weighted by atomic mass is 16.5. The molecule has 2 amide bonds. The Morgan fingerprint density at radius 1 is 1.62 bits per heavy atom. The molecule has 0 saturated carbocycles. The van der Waals surface area contributed by atoms with Crippen LogP contribution in [0.25, 0.3) is 0 Å². The van der Waals surface area contributed by atoms with E-state index in [-0.39, 0.29) is 6.03 Å². The summed E-state index contributed by atoms with van der Waals surface area (Å²) in [7, 11) is 3.49. The maximum Gasteiger partial charge on any atom is 0.316 e. The van der Waals surface area contributed by atoms with Gasteiger partial charge in [0, 0.05) is 27.2 Å². The molecule has 0 bridgehead atoms. The zero-order valence-electron chi connectivity index (χ0n) is 8.38. The Labute approximate surface area is 79.2 Å². The van der Waals surface area contributed by atoms with Gasteiger partial charge < -0.3 is 15.0 Å². The van der Waals surface area contributed by atoms with Crippen molar-refractivity contribution in [1.82, 2.24) is 10.2 Å². The summed E-state index contributed by atoms with van der Waals surface area (Å²) in [5.41, 5.74) is 0. The smallest absolute Gasteiger partial charge is 0.316 e. The molecule has 0 aliphatic carbocycles. The molecule has 1 rings (SSSR count). The van der Waals surface area contributed by atoms with Gasteiger partial charge in [-0.15, -0.1) is 0 Å². The number of nitrogens with one attached hydrogen (secondary N) is 1. The zero-order chi connectivity index (χ0) is 9.68. The Hall–Kier alpha value is -0.770. The molecule has 0 aromatic rings. The number of amides is 2. The van der Waals surface area contributed by atoms with Gasteiger partial charge in [0.1, 0.15) is 0 Å². The van der Waals surface area contributed by atoms with E-state index in [0.717, 1.165) is 32.6 Å². The van der Waals surface area contributed by atoms with E-state index in [1.807, 2.05) is 0 Å². The highest BCUT2D eigenvalue weighted by Crippen LogP contribution is 2.11. The molecule has 76 valence electrons. The number of nitrogens with zero attached hydrogens (tertiary/aromatic N) is 1. The molecule has 0 aromatic heterocycles. The summed E-state index contributed by atoms with van der Waals surface area (Å²) < 4.78 is 5.31. The Morgan fingerprint density at radius 2 is 2.38 bits per heavy atom. The fraction of sp³-hybridized carbons (Fsp3) is 0.889. The lowest BCUT2D eigenvalue weighted by Crippen LogP contribution is -2.39. The number of ether oxygens (including phenoxy) is 1. The van der Waals surface area contributed by atoms with Gasteiger partial charge in [-0.05, 0) is 18.8 Å². The number of rotatable bonds is 2. The lowest BCUT2D eigenvalue weighted by molar-refractivity contribution is 0.0554. The second-order valence-electron chi connectivity index (χ2n) is 3.66. The summed E-state index contributed by atoms with van der Waals surface area (Å²) in [4.78, 5) is 12.7. The van der Waals surface area contributed by atoms with Gasteiger partial charge in [0.15, 0.2) is 0 Å². The van der Waals surface area contributed by atoms with E-state index in [1.165, 1.54) is 0 Å². The largest absolute Gasteiger partial charge is 0.381 e. The molecule has 1 fully saturated rings. The number of carbonyl (C=O) groups is 1. The van der Waals surface area contributed by atoms with Crippen LogP contribution in [0.4, 0.5) is 4.79 Å². The van der Waals surface area contributed by atoms with Crippen LogP contribution in [0, 0.1) is 5.92 Å². The van der Waals surface area contributed by atoms with Crippen LogP contribution >= 0.6 is 0 Å². The molecule has 13 heavy (non-hydrogen) atoms. The monoisotopic (exact) mass is 186 g/mol. The summed E-state index contributed by atoms with van der Waals surface area (Å²) in [6.45, 7) is 2.39. The third-order valence-electron chi connectivity index (χ3n) is 2.20. The summed E-state index contributed by atoms with van der Waals surface area (Å²) in [6, 6.07) is -0.0226. The second-order valence-corrected chi connectivity index (χ2v) is 3.66. The highest BCUT2D eigenvalue weighted by molar-refractivity contribution is 5.73. The van der Waals surface area contributed by atoms with E-state index in [1.54, 1.807) is 19.0 Å². The Bertz CT molecular complexity index is 165. The maximum absolute atomic E-state index is 11.2. The van der Waals surface area contributed by atoms with Crippen LogP contribution in [0.3, 0.4) is 0 Å². The minimum Gasteiger partial charge on any atom is -0.381 e. The topological polar surface area (TPSA) is 41.6 Å². The van der Waals surface area contributed by atoms with E-state index in [2.05, 4.69) is 5.32 Å². The van der Waals surface area contributed by atoms with E-state index in [9.17, 15) is 4.79 Å². The molecule has 4 heteroatoms. The number of hydrogen-bond acceptors (Lipinski definition) is 2. The minimum atomic E-state index is -0.0226. The van der Waals surface area contributed by atoms with Gasteiger partial charge in [-0.1, -0.05) is 0 Å². The number of hydrogen-bond donors (Lipinski definition) is 1. The minimum absolute atomic E-state index is 0.0226. The average Bonchev–Trinajstić information content (AvgIpc) is 2.15. The molecule has 0 aromatic carbocycles. The number of urea groups is 1. The Kier molecular flexibility index (Phi) is 4.02. The summed E-state index contributed by atoms with van der Waals surface area (Å²) in [5.74, 6) is 0.498. The van der Waals surface area contributed by atoms with Crippen molar-refractivity contribution < 1.29 is 9.53 Å². The van der Waals surface area contributed by atoms with E-state index >= 15 is 0 Å². The molecule has 1 atom stereocenters. The first-order valence-electron chi connectivity index (χ1n) is 4.73. The van der Waals surface area contributed by atoms with Crippen LogP contribution in [0.1, 0.15) is 12.8 Å². The average molecular weight is 186 g/mol. The summed E-state index contributed by atoms with van der Waals surface area (Å²) in [5, 5.41) is 2.86. The van der Waals surface area contributed by atoms with Crippen LogP contribution in [-0.2, 0) is 4.74 Å². The lowest BCUT2D eigenvalue weighted by Gasteiger charge is -2.23. The third-order valence-corrected chi connectivity index (χ3v) is 2.20. The van der Waals surface area contributed by atoms with E-state index in [0.29, 0.717) is 5.92 Å². The molecular formula is C9H18N2O2. The fourth-order valence-corrected chi connectivity index (χ4v) is 1.36. The second kappa shape index (κ2) is 5.07. The van der Waals surface area contributed by atoms with Crippen molar-refractivity contribution in [2.24, 2.45) is 5.92 Å².